The summed E-state index contributed by atoms with van der Waals surface area (Å²) in [7, 11) is 1.97. The highest BCUT2D eigenvalue weighted by Gasteiger charge is 2.20. The second-order valence-corrected chi connectivity index (χ2v) is 5.07. The minimum atomic E-state index is 0.0963. The van der Waals surface area contributed by atoms with Crippen LogP contribution in [0.5, 0.6) is 0 Å². The van der Waals surface area contributed by atoms with E-state index in [1.165, 1.54) is 5.56 Å². The molecule has 16 heavy (non-hydrogen) atoms. The molecule has 0 aliphatic rings. The molecule has 1 aromatic heterocycles. The molecule has 90 valence electrons. The minimum absolute atomic E-state index is 0.0963. The fourth-order valence-electron chi connectivity index (χ4n) is 1.63. The molecule has 1 aromatic rings. The predicted octanol–water partition coefficient (Wildman–Crippen LogP) is 2.34. The van der Waals surface area contributed by atoms with Crippen molar-refractivity contribution in [2.24, 2.45) is 7.05 Å². The van der Waals surface area contributed by atoms with Crippen molar-refractivity contribution >= 4 is 6.08 Å². The van der Waals surface area contributed by atoms with Gasteiger partial charge in [-0.15, -0.1) is 0 Å². The maximum atomic E-state index is 4.53. The molecule has 0 atom stereocenters. The van der Waals surface area contributed by atoms with Crippen LogP contribution in [0.1, 0.15) is 39.0 Å². The third-order valence-corrected chi connectivity index (χ3v) is 2.38. The number of rotatable bonds is 4. The van der Waals surface area contributed by atoms with Crippen LogP contribution in [0.25, 0.3) is 6.08 Å². The quantitative estimate of drug-likeness (QED) is 0.791. The fourth-order valence-corrected chi connectivity index (χ4v) is 1.63. The lowest BCUT2D eigenvalue weighted by Gasteiger charge is -2.16. The Hall–Kier alpha value is -1.09. The summed E-state index contributed by atoms with van der Waals surface area (Å²) in [6, 6.07) is 0. The summed E-state index contributed by atoms with van der Waals surface area (Å²) in [5.41, 5.74) is 2.47. The van der Waals surface area contributed by atoms with E-state index in [1.807, 2.05) is 11.7 Å². The van der Waals surface area contributed by atoms with Crippen molar-refractivity contribution in [1.82, 2.24) is 15.1 Å². The van der Waals surface area contributed by atoms with E-state index in [1.54, 1.807) is 0 Å². The summed E-state index contributed by atoms with van der Waals surface area (Å²) in [6.07, 6.45) is 6.37. The average molecular weight is 221 g/mol. The number of hydrogen-bond donors (Lipinski definition) is 1. The summed E-state index contributed by atoms with van der Waals surface area (Å²) in [4.78, 5) is 0. The van der Waals surface area contributed by atoms with Crippen LogP contribution in [0.3, 0.4) is 0 Å². The summed E-state index contributed by atoms with van der Waals surface area (Å²) in [5.74, 6) is 0. The van der Waals surface area contributed by atoms with Gasteiger partial charge in [0.2, 0.25) is 0 Å². The number of aromatic nitrogens is 2. The van der Waals surface area contributed by atoms with Crippen LogP contribution < -0.4 is 5.32 Å². The predicted molar refractivity (Wildman–Crippen MR) is 69.5 cm³/mol. The molecular formula is C13H23N3. The lowest BCUT2D eigenvalue weighted by molar-refractivity contribution is 0.552. The van der Waals surface area contributed by atoms with Crippen LogP contribution in [-0.4, -0.2) is 22.9 Å². The van der Waals surface area contributed by atoms with Crippen LogP contribution in [0, 0.1) is 0 Å². The Morgan fingerprint density at radius 2 is 2.12 bits per heavy atom. The molecule has 0 saturated carbocycles. The molecule has 3 heteroatoms. The van der Waals surface area contributed by atoms with E-state index in [-0.39, 0.29) is 5.41 Å². The van der Waals surface area contributed by atoms with E-state index in [0.29, 0.717) is 0 Å². The lowest BCUT2D eigenvalue weighted by Crippen LogP contribution is -2.14. The molecule has 0 unspecified atom stereocenters. The Kier molecular flexibility index (Phi) is 4.30. The molecule has 0 bridgehead atoms. The largest absolute Gasteiger partial charge is 0.314 e. The van der Waals surface area contributed by atoms with E-state index >= 15 is 0 Å². The monoisotopic (exact) mass is 221 g/mol. The maximum absolute atomic E-state index is 4.53. The number of likely N-dealkylation sites (N-methyl/N-ethyl adjacent to an activating group) is 1. The van der Waals surface area contributed by atoms with Gasteiger partial charge in [0.25, 0.3) is 0 Å². The van der Waals surface area contributed by atoms with E-state index in [4.69, 9.17) is 0 Å². The molecule has 1 heterocycles. The summed E-state index contributed by atoms with van der Waals surface area (Å²) in [5, 5.41) is 7.80. The Balaban J connectivity index is 2.83. The topological polar surface area (TPSA) is 29.9 Å². The Morgan fingerprint density at radius 1 is 1.44 bits per heavy atom. The van der Waals surface area contributed by atoms with Crippen molar-refractivity contribution in [3.63, 3.8) is 0 Å². The van der Waals surface area contributed by atoms with Gasteiger partial charge >= 0.3 is 0 Å². The first-order valence-electron chi connectivity index (χ1n) is 5.86. The second kappa shape index (κ2) is 5.30. The zero-order valence-corrected chi connectivity index (χ0v) is 11.0. The van der Waals surface area contributed by atoms with Crippen LogP contribution in [0.2, 0.25) is 0 Å². The number of hydrogen-bond acceptors (Lipinski definition) is 2. The fraction of sp³-hybridized carbons (Fsp3) is 0.615. The van der Waals surface area contributed by atoms with E-state index in [2.05, 4.69) is 56.5 Å². The molecule has 0 aliphatic carbocycles. The molecular weight excluding hydrogens is 198 g/mol. The highest BCUT2D eigenvalue weighted by Crippen LogP contribution is 2.24. The van der Waals surface area contributed by atoms with E-state index < -0.39 is 0 Å². The first-order valence-corrected chi connectivity index (χ1v) is 5.86. The van der Waals surface area contributed by atoms with Crippen LogP contribution in [0.4, 0.5) is 0 Å². The summed E-state index contributed by atoms with van der Waals surface area (Å²) in [6.45, 7) is 10.6. The molecule has 1 rings (SSSR count). The van der Waals surface area contributed by atoms with Crippen molar-refractivity contribution in [2.45, 2.75) is 33.1 Å². The normalized spacial score (nSPS) is 12.6. The van der Waals surface area contributed by atoms with Crippen LogP contribution in [-0.2, 0) is 12.5 Å². The Bertz CT molecular complexity index is 356. The molecule has 0 radical (unpaired) electrons. The van der Waals surface area contributed by atoms with Gasteiger partial charge in [0, 0.05) is 30.8 Å². The smallest absolute Gasteiger partial charge is 0.0750 e. The maximum Gasteiger partial charge on any atom is 0.0750 e. The minimum Gasteiger partial charge on any atom is -0.314 e. The molecule has 3 nitrogen and oxygen atoms in total. The summed E-state index contributed by atoms with van der Waals surface area (Å²) < 4.78 is 1.88. The van der Waals surface area contributed by atoms with Gasteiger partial charge in [-0.1, -0.05) is 39.8 Å². The number of nitrogens with one attached hydrogen (secondary N) is 1. The first-order chi connectivity index (χ1) is 7.45. The van der Waals surface area contributed by atoms with Crippen molar-refractivity contribution in [3.05, 3.63) is 23.5 Å². The van der Waals surface area contributed by atoms with Gasteiger partial charge in [0.1, 0.15) is 0 Å². The molecule has 0 fully saturated rings. The van der Waals surface area contributed by atoms with Gasteiger partial charge < -0.3 is 5.32 Å². The van der Waals surface area contributed by atoms with Crippen molar-refractivity contribution in [2.75, 3.05) is 13.1 Å². The van der Waals surface area contributed by atoms with Gasteiger partial charge in [-0.3, -0.25) is 4.68 Å². The zero-order chi connectivity index (χ0) is 12.2. The Labute approximate surface area is 98.5 Å². The Morgan fingerprint density at radius 3 is 2.69 bits per heavy atom. The highest BCUT2D eigenvalue weighted by molar-refractivity contribution is 5.52. The molecule has 0 saturated heterocycles. The number of aryl methyl sites for hydroxylation is 1. The van der Waals surface area contributed by atoms with E-state index in [9.17, 15) is 0 Å². The van der Waals surface area contributed by atoms with Gasteiger partial charge in [-0.2, -0.15) is 5.10 Å². The van der Waals surface area contributed by atoms with Gasteiger partial charge in [0.05, 0.1) is 5.69 Å². The van der Waals surface area contributed by atoms with Crippen molar-refractivity contribution in [1.29, 1.82) is 0 Å². The van der Waals surface area contributed by atoms with Gasteiger partial charge in [-0.05, 0) is 6.54 Å². The average Bonchev–Trinajstić information content (AvgIpc) is 2.54. The third-order valence-electron chi connectivity index (χ3n) is 2.38. The van der Waals surface area contributed by atoms with Crippen LogP contribution >= 0.6 is 0 Å². The van der Waals surface area contributed by atoms with Crippen molar-refractivity contribution in [3.8, 4) is 0 Å². The second-order valence-electron chi connectivity index (χ2n) is 5.07. The first kappa shape index (κ1) is 13.0. The molecule has 1 N–H and O–H groups in total. The standard InChI is InChI=1S/C13H23N3/c1-6-14-9-7-8-11-10-16(5)15-12(11)13(2,3)4/h7-8,10,14H,6,9H2,1-5H3/b8-7+. The molecule has 0 aromatic carbocycles. The molecule has 0 aliphatic heterocycles. The lowest BCUT2D eigenvalue weighted by atomic mass is 9.89. The molecule has 0 amide bonds. The zero-order valence-electron chi connectivity index (χ0n) is 11.0. The molecule has 0 spiro atoms. The van der Waals surface area contributed by atoms with Crippen molar-refractivity contribution < 1.29 is 0 Å². The van der Waals surface area contributed by atoms with Gasteiger partial charge in [-0.25, -0.2) is 0 Å². The SMILES string of the molecule is CCNC/C=C/c1cn(C)nc1C(C)(C)C. The van der Waals surface area contributed by atoms with Crippen LogP contribution in [0.15, 0.2) is 12.3 Å². The number of nitrogens with zero attached hydrogens (tertiary/aromatic N) is 2. The van der Waals surface area contributed by atoms with Gasteiger partial charge in [0.15, 0.2) is 0 Å². The van der Waals surface area contributed by atoms with E-state index in [0.717, 1.165) is 18.8 Å². The third kappa shape index (κ3) is 3.49. The highest BCUT2D eigenvalue weighted by atomic mass is 15.3. The summed E-state index contributed by atoms with van der Waals surface area (Å²) >= 11 is 0.